The number of hydrogen-bond acceptors (Lipinski definition) is 3. The summed E-state index contributed by atoms with van der Waals surface area (Å²) >= 11 is 8.20. The van der Waals surface area contributed by atoms with Crippen LogP contribution in [0.1, 0.15) is 25.7 Å². The van der Waals surface area contributed by atoms with E-state index in [0.717, 1.165) is 35.9 Å². The Morgan fingerprint density at radius 2 is 2.38 bits per heavy atom. The van der Waals surface area contributed by atoms with Crippen LogP contribution in [0.5, 0.6) is 0 Å². The summed E-state index contributed by atoms with van der Waals surface area (Å²) in [6.07, 6.45) is 4.32. The van der Waals surface area contributed by atoms with Gasteiger partial charge < -0.3 is 4.74 Å². The van der Waals surface area contributed by atoms with Crippen molar-refractivity contribution < 1.29 is 4.74 Å². The predicted molar refractivity (Wildman–Crippen MR) is 61.1 cm³/mol. The van der Waals surface area contributed by atoms with Crippen molar-refractivity contribution in [3.63, 3.8) is 0 Å². The number of nitrogens with zero attached hydrogens (tertiary/aromatic N) is 2. The monoisotopic (exact) mass is 314 g/mol. The third-order valence-corrected chi connectivity index (χ3v) is 3.38. The van der Waals surface area contributed by atoms with Crippen molar-refractivity contribution in [2.75, 3.05) is 6.54 Å². The van der Waals surface area contributed by atoms with Crippen molar-refractivity contribution in [2.45, 2.75) is 37.5 Å². The van der Waals surface area contributed by atoms with Gasteiger partial charge in [-0.25, -0.2) is 0 Å². The van der Waals surface area contributed by atoms with Crippen LogP contribution in [0.3, 0.4) is 0 Å². The van der Waals surface area contributed by atoms with E-state index in [1.807, 2.05) is 5.01 Å². The summed E-state index contributed by atoms with van der Waals surface area (Å²) < 4.78 is 6.76. The molecule has 1 saturated heterocycles. The van der Waals surface area contributed by atoms with Crippen LogP contribution in [0.4, 0.5) is 0 Å². The first kappa shape index (κ1) is 9.98. The minimum atomic E-state index is -0.118. The largest absolute Gasteiger partial charge is 0.338 e. The van der Waals surface area contributed by atoms with Crippen LogP contribution in [-0.2, 0) is 4.74 Å². The summed E-state index contributed by atoms with van der Waals surface area (Å²) in [5, 5.41) is 6.42. The molecule has 2 aliphatic rings. The van der Waals surface area contributed by atoms with Gasteiger partial charge in [-0.1, -0.05) is 11.6 Å². The fourth-order valence-corrected chi connectivity index (χ4v) is 2.42. The van der Waals surface area contributed by atoms with Gasteiger partial charge in [-0.05, 0) is 41.9 Å². The molecule has 2 unspecified atom stereocenters. The standard InChI is InChI=1S/C8H12ClIN2O/c9-6-2-1-3-8(13-6)12-5-4-7(10)11-12/h6,8H,1-5H2. The molecule has 1 fully saturated rings. The predicted octanol–water partition coefficient (Wildman–Crippen LogP) is 2.53. The maximum Gasteiger partial charge on any atom is 0.147 e. The summed E-state index contributed by atoms with van der Waals surface area (Å²) in [4.78, 5) is 0. The van der Waals surface area contributed by atoms with Crippen molar-refractivity contribution in [3.05, 3.63) is 0 Å². The number of halogens is 2. The highest BCUT2D eigenvalue weighted by molar-refractivity contribution is 14.1. The Kier molecular flexibility index (Phi) is 3.31. The lowest BCUT2D eigenvalue weighted by Gasteiger charge is -2.31. The number of hydrogen-bond donors (Lipinski definition) is 0. The molecule has 0 radical (unpaired) electrons. The Morgan fingerprint density at radius 1 is 1.54 bits per heavy atom. The van der Waals surface area contributed by atoms with E-state index in [1.165, 1.54) is 0 Å². The molecule has 5 heteroatoms. The Hall–Kier alpha value is 0.450. The zero-order valence-electron chi connectivity index (χ0n) is 7.25. The second kappa shape index (κ2) is 4.31. The van der Waals surface area contributed by atoms with E-state index >= 15 is 0 Å². The molecule has 0 spiro atoms. The van der Waals surface area contributed by atoms with Gasteiger partial charge in [-0.3, -0.25) is 5.01 Å². The molecule has 0 saturated carbocycles. The molecule has 2 atom stereocenters. The Bertz CT molecular complexity index is 224. The van der Waals surface area contributed by atoms with E-state index in [2.05, 4.69) is 27.7 Å². The van der Waals surface area contributed by atoms with Crippen LogP contribution >= 0.6 is 34.2 Å². The molecule has 74 valence electrons. The van der Waals surface area contributed by atoms with Gasteiger partial charge in [0.25, 0.3) is 0 Å². The minimum Gasteiger partial charge on any atom is -0.338 e. The van der Waals surface area contributed by atoms with Crippen LogP contribution in [0.25, 0.3) is 0 Å². The lowest BCUT2D eigenvalue weighted by Crippen LogP contribution is -2.36. The van der Waals surface area contributed by atoms with Crippen LogP contribution in [0.15, 0.2) is 5.10 Å². The second-order valence-corrected chi connectivity index (χ2v) is 5.05. The fourth-order valence-electron chi connectivity index (χ4n) is 1.63. The minimum absolute atomic E-state index is 0.114. The quantitative estimate of drug-likeness (QED) is 0.549. The molecular formula is C8H12ClIN2O. The molecule has 2 rings (SSSR count). The molecule has 0 aromatic carbocycles. The van der Waals surface area contributed by atoms with Gasteiger partial charge in [0, 0.05) is 13.0 Å². The Morgan fingerprint density at radius 3 is 3.00 bits per heavy atom. The molecule has 0 aromatic heterocycles. The smallest absolute Gasteiger partial charge is 0.147 e. The molecule has 0 aliphatic carbocycles. The molecule has 0 bridgehead atoms. The summed E-state index contributed by atoms with van der Waals surface area (Å²) in [6.45, 7) is 0.979. The highest BCUT2D eigenvalue weighted by atomic mass is 127. The van der Waals surface area contributed by atoms with Crippen molar-refractivity contribution in [3.8, 4) is 0 Å². The van der Waals surface area contributed by atoms with Gasteiger partial charge in [0.05, 0.1) is 0 Å². The first-order valence-corrected chi connectivity index (χ1v) is 6.06. The van der Waals surface area contributed by atoms with Gasteiger partial charge in [0.15, 0.2) is 0 Å². The number of rotatable bonds is 1. The topological polar surface area (TPSA) is 24.8 Å². The molecular weight excluding hydrogens is 302 g/mol. The maximum absolute atomic E-state index is 5.93. The van der Waals surface area contributed by atoms with Gasteiger partial charge >= 0.3 is 0 Å². The summed E-state index contributed by atoms with van der Waals surface area (Å²) in [7, 11) is 0. The van der Waals surface area contributed by atoms with E-state index in [0.29, 0.717) is 0 Å². The first-order chi connectivity index (χ1) is 6.25. The van der Waals surface area contributed by atoms with Crippen LogP contribution in [-0.4, -0.2) is 27.1 Å². The molecule has 3 nitrogen and oxygen atoms in total. The van der Waals surface area contributed by atoms with Crippen LogP contribution < -0.4 is 0 Å². The molecule has 13 heavy (non-hydrogen) atoms. The Balaban J connectivity index is 1.93. The van der Waals surface area contributed by atoms with Gasteiger partial charge in [-0.15, -0.1) is 0 Å². The van der Waals surface area contributed by atoms with Crippen molar-refractivity contribution >= 4 is 37.9 Å². The number of hydrazone groups is 1. The normalized spacial score (nSPS) is 34.9. The third-order valence-electron chi connectivity index (χ3n) is 2.30. The highest BCUT2D eigenvalue weighted by Crippen LogP contribution is 2.26. The third kappa shape index (κ3) is 2.47. The molecule has 2 aliphatic heterocycles. The lowest BCUT2D eigenvalue weighted by atomic mass is 10.2. The van der Waals surface area contributed by atoms with E-state index in [-0.39, 0.29) is 11.8 Å². The van der Waals surface area contributed by atoms with Gasteiger partial charge in [0.1, 0.15) is 15.5 Å². The molecule has 0 aromatic rings. The zero-order chi connectivity index (χ0) is 9.26. The van der Waals surface area contributed by atoms with Crippen molar-refractivity contribution in [1.82, 2.24) is 5.01 Å². The second-order valence-electron chi connectivity index (χ2n) is 3.32. The average Bonchev–Trinajstić information content (AvgIpc) is 2.52. The van der Waals surface area contributed by atoms with Gasteiger partial charge in [0.2, 0.25) is 0 Å². The Labute approximate surface area is 96.6 Å². The lowest BCUT2D eigenvalue weighted by molar-refractivity contribution is -0.0968. The SMILES string of the molecule is ClC1CCCC(N2CCC(I)=N2)O1. The summed E-state index contributed by atoms with van der Waals surface area (Å²) in [5.41, 5.74) is -0.118. The highest BCUT2D eigenvalue weighted by Gasteiger charge is 2.27. The van der Waals surface area contributed by atoms with Crippen LogP contribution in [0.2, 0.25) is 0 Å². The maximum atomic E-state index is 5.93. The first-order valence-electron chi connectivity index (χ1n) is 4.55. The molecule has 2 heterocycles. The number of ether oxygens (including phenoxy) is 1. The van der Waals surface area contributed by atoms with E-state index < -0.39 is 0 Å². The molecule has 0 amide bonds. The summed E-state index contributed by atoms with van der Waals surface area (Å²) in [6, 6.07) is 0. The summed E-state index contributed by atoms with van der Waals surface area (Å²) in [5.74, 6) is 0. The van der Waals surface area contributed by atoms with E-state index in [9.17, 15) is 0 Å². The number of alkyl halides is 1. The molecule has 0 N–H and O–H groups in total. The fraction of sp³-hybridized carbons (Fsp3) is 0.875. The van der Waals surface area contributed by atoms with E-state index in [4.69, 9.17) is 16.3 Å². The van der Waals surface area contributed by atoms with Crippen molar-refractivity contribution in [2.24, 2.45) is 5.10 Å². The van der Waals surface area contributed by atoms with Crippen molar-refractivity contribution in [1.29, 1.82) is 0 Å². The van der Waals surface area contributed by atoms with Gasteiger partial charge in [-0.2, -0.15) is 5.10 Å². The van der Waals surface area contributed by atoms with Crippen LogP contribution in [0, 0.1) is 0 Å². The zero-order valence-corrected chi connectivity index (χ0v) is 10.2. The average molecular weight is 315 g/mol. The van der Waals surface area contributed by atoms with E-state index in [1.54, 1.807) is 0 Å².